The second kappa shape index (κ2) is 13.7. The van der Waals surface area contributed by atoms with Gasteiger partial charge in [0.25, 0.3) is 5.91 Å². The third-order valence-corrected chi connectivity index (χ3v) is 5.35. The van der Waals surface area contributed by atoms with Gasteiger partial charge in [-0.15, -0.1) is 0 Å². The smallest absolute Gasteiger partial charge is 0.272 e. The molecular weight excluding hydrogens is 462 g/mol. The molecule has 0 aliphatic heterocycles. The monoisotopic (exact) mass is 493 g/mol. The molecule has 0 radical (unpaired) electrons. The van der Waals surface area contributed by atoms with Gasteiger partial charge in [-0.25, -0.2) is 0 Å². The van der Waals surface area contributed by atoms with Crippen LogP contribution in [0.25, 0.3) is 0 Å². The summed E-state index contributed by atoms with van der Waals surface area (Å²) in [5, 5.41) is 5.88. The minimum Gasteiger partial charge on any atom is -0.487 e. The van der Waals surface area contributed by atoms with Crippen molar-refractivity contribution in [2.24, 2.45) is 0 Å². The number of unbranched alkanes of at least 4 members (excludes halogenated alkanes) is 1. The highest BCUT2D eigenvalue weighted by Gasteiger charge is 2.25. The molecule has 10 heteroatoms. The molecule has 1 aromatic carbocycles. The summed E-state index contributed by atoms with van der Waals surface area (Å²) in [4.78, 5) is 38.6. The zero-order chi connectivity index (χ0) is 25.1. The second-order valence-corrected chi connectivity index (χ2v) is 8.02. The van der Waals surface area contributed by atoms with Crippen molar-refractivity contribution in [1.82, 2.24) is 15.2 Å². The largest absolute Gasteiger partial charge is 0.487 e. The first-order valence-electron chi connectivity index (χ1n) is 11.0. The molecule has 2 rings (SSSR count). The van der Waals surface area contributed by atoms with Crippen LogP contribution >= 0.6 is 11.6 Å². The number of methoxy groups -OCH3 is 2. The average Bonchev–Trinajstić information content (AvgIpc) is 2.83. The highest BCUT2D eigenvalue weighted by molar-refractivity contribution is 6.30. The van der Waals surface area contributed by atoms with Crippen LogP contribution in [0.5, 0.6) is 5.75 Å². The Bertz CT molecular complexity index is 1040. The third kappa shape index (κ3) is 7.58. The summed E-state index contributed by atoms with van der Waals surface area (Å²) in [6.07, 6.45) is 2.16. The quantitative estimate of drug-likeness (QED) is 0.328. The maximum absolute atomic E-state index is 13.3. The first-order valence-corrected chi connectivity index (χ1v) is 11.4. The predicted molar refractivity (Wildman–Crippen MR) is 129 cm³/mol. The summed E-state index contributed by atoms with van der Waals surface area (Å²) in [7, 11) is 4.43. The Morgan fingerprint density at radius 2 is 1.94 bits per heavy atom. The zero-order valence-corrected chi connectivity index (χ0v) is 20.7. The van der Waals surface area contributed by atoms with Gasteiger partial charge in [0.15, 0.2) is 17.7 Å². The summed E-state index contributed by atoms with van der Waals surface area (Å²) < 4.78 is 18.0. The molecule has 0 saturated carbocycles. The van der Waals surface area contributed by atoms with Crippen molar-refractivity contribution in [3.05, 3.63) is 62.5 Å². The number of likely N-dealkylation sites (N-methyl/N-ethyl adjacent to an activating group) is 1. The highest BCUT2D eigenvalue weighted by Crippen LogP contribution is 2.19. The van der Waals surface area contributed by atoms with Crippen LogP contribution in [0.4, 0.5) is 0 Å². The number of pyridine rings is 1. The van der Waals surface area contributed by atoms with E-state index < -0.39 is 17.6 Å². The molecule has 186 valence electrons. The van der Waals surface area contributed by atoms with E-state index in [4.69, 9.17) is 25.8 Å². The number of nitrogens with one attached hydrogen (secondary N) is 2. The summed E-state index contributed by atoms with van der Waals surface area (Å²) in [5.74, 6) is -0.957. The molecule has 0 unspecified atom stereocenters. The van der Waals surface area contributed by atoms with Crippen LogP contribution in [0.1, 0.15) is 41.4 Å². The molecule has 0 aliphatic rings. The number of amides is 2. The van der Waals surface area contributed by atoms with E-state index in [1.807, 2.05) is 13.0 Å². The van der Waals surface area contributed by atoms with Gasteiger partial charge in [-0.3, -0.25) is 14.4 Å². The van der Waals surface area contributed by atoms with Crippen LogP contribution in [0, 0.1) is 0 Å². The molecule has 2 N–H and O–H groups in total. The number of nitrogens with zero attached hydrogens (tertiary/aromatic N) is 1. The number of rotatable bonds is 13. The molecule has 2 amide bonds. The highest BCUT2D eigenvalue weighted by atomic mass is 35.5. The lowest BCUT2D eigenvalue weighted by molar-refractivity contribution is -0.119. The Hall–Kier alpha value is -2.88. The van der Waals surface area contributed by atoms with Gasteiger partial charge in [-0.1, -0.05) is 37.1 Å². The minimum atomic E-state index is -0.696. The molecule has 9 nitrogen and oxygen atoms in total. The van der Waals surface area contributed by atoms with Crippen molar-refractivity contribution in [3.8, 4) is 5.75 Å². The SMILES string of the molecule is CCCCOc1c(C(=O)NCc2cccc(Cl)c2)n(CC(OC)OC)cc(CC(=O)NC)c1=O. The van der Waals surface area contributed by atoms with Gasteiger partial charge in [0.05, 0.1) is 19.6 Å². The fourth-order valence-electron chi connectivity index (χ4n) is 3.23. The van der Waals surface area contributed by atoms with Crippen LogP contribution in [0.2, 0.25) is 5.02 Å². The van der Waals surface area contributed by atoms with Gasteiger partial charge in [0.2, 0.25) is 11.3 Å². The second-order valence-electron chi connectivity index (χ2n) is 7.58. The first kappa shape index (κ1) is 27.4. The lowest BCUT2D eigenvalue weighted by Gasteiger charge is -2.22. The number of ether oxygens (including phenoxy) is 3. The summed E-state index contributed by atoms with van der Waals surface area (Å²) in [6.45, 7) is 2.53. The maximum atomic E-state index is 13.3. The lowest BCUT2D eigenvalue weighted by Crippen LogP contribution is -2.34. The third-order valence-electron chi connectivity index (χ3n) is 5.11. The van der Waals surface area contributed by atoms with Gasteiger partial charge in [-0.2, -0.15) is 0 Å². The van der Waals surface area contributed by atoms with Crippen molar-refractivity contribution in [2.45, 2.75) is 45.6 Å². The molecule has 1 aromatic heterocycles. The van der Waals surface area contributed by atoms with E-state index in [0.29, 0.717) is 11.4 Å². The van der Waals surface area contributed by atoms with Crippen LogP contribution in [-0.2, 0) is 33.8 Å². The number of hydrogen-bond donors (Lipinski definition) is 2. The predicted octanol–water partition coefficient (Wildman–Crippen LogP) is 2.52. The molecule has 0 spiro atoms. The van der Waals surface area contributed by atoms with Crippen molar-refractivity contribution in [1.29, 1.82) is 0 Å². The van der Waals surface area contributed by atoms with Gasteiger partial charge in [-0.05, 0) is 24.1 Å². The van der Waals surface area contributed by atoms with E-state index in [1.165, 1.54) is 32.0 Å². The summed E-state index contributed by atoms with van der Waals surface area (Å²) >= 11 is 6.04. The van der Waals surface area contributed by atoms with E-state index in [-0.39, 0.29) is 49.0 Å². The Labute approximate surface area is 204 Å². The molecule has 34 heavy (non-hydrogen) atoms. The number of hydrogen-bond acceptors (Lipinski definition) is 6. The number of aromatic nitrogens is 1. The Morgan fingerprint density at radius 1 is 1.21 bits per heavy atom. The molecule has 0 fully saturated rings. The fourth-order valence-corrected chi connectivity index (χ4v) is 3.44. The fraction of sp³-hybridized carbons (Fsp3) is 0.458. The molecule has 0 bridgehead atoms. The molecule has 0 atom stereocenters. The van der Waals surface area contributed by atoms with Crippen LogP contribution in [0.3, 0.4) is 0 Å². The van der Waals surface area contributed by atoms with Gasteiger partial charge < -0.3 is 29.4 Å². The Morgan fingerprint density at radius 3 is 2.56 bits per heavy atom. The topological polar surface area (TPSA) is 108 Å². The Balaban J connectivity index is 2.54. The Kier molecular flexibility index (Phi) is 11.1. The molecular formula is C24H32ClN3O6. The van der Waals surface area contributed by atoms with Crippen LogP contribution in [0.15, 0.2) is 35.3 Å². The number of carbonyl (C=O) groups is 2. The van der Waals surface area contributed by atoms with Gasteiger partial charge in [0, 0.05) is 44.6 Å². The van der Waals surface area contributed by atoms with Crippen LogP contribution in [-0.4, -0.2) is 50.5 Å². The first-order chi connectivity index (χ1) is 16.3. The molecule has 0 saturated heterocycles. The normalized spacial score (nSPS) is 10.9. The van der Waals surface area contributed by atoms with E-state index in [9.17, 15) is 14.4 Å². The number of carbonyl (C=O) groups excluding carboxylic acids is 2. The van der Waals surface area contributed by atoms with Gasteiger partial charge in [0.1, 0.15) is 0 Å². The van der Waals surface area contributed by atoms with E-state index in [2.05, 4.69) is 10.6 Å². The summed E-state index contributed by atoms with van der Waals surface area (Å²) in [6, 6.07) is 7.10. The lowest BCUT2D eigenvalue weighted by atomic mass is 10.1. The number of halogens is 1. The van der Waals surface area contributed by atoms with Crippen molar-refractivity contribution < 1.29 is 23.8 Å². The number of benzene rings is 1. The molecule has 2 aromatic rings. The summed E-state index contributed by atoms with van der Waals surface area (Å²) in [5.41, 5.74) is 0.521. The van der Waals surface area contributed by atoms with E-state index in [0.717, 1.165) is 12.0 Å². The van der Waals surface area contributed by atoms with E-state index >= 15 is 0 Å². The average molecular weight is 494 g/mol. The van der Waals surface area contributed by atoms with Crippen molar-refractivity contribution in [3.63, 3.8) is 0 Å². The standard InChI is InChI=1S/C24H32ClN3O6/c1-5-6-10-34-23-21(24(31)27-13-16-8-7-9-18(25)11-16)28(15-20(32-3)33-4)14-17(22(23)30)12-19(29)26-2/h7-9,11,14,20H,5-6,10,12-13,15H2,1-4H3,(H,26,29)(H,27,31). The van der Waals surface area contributed by atoms with Crippen molar-refractivity contribution >= 4 is 23.4 Å². The maximum Gasteiger partial charge on any atom is 0.272 e. The molecule has 1 heterocycles. The van der Waals surface area contributed by atoms with Gasteiger partial charge >= 0.3 is 0 Å². The zero-order valence-electron chi connectivity index (χ0n) is 20.0. The van der Waals surface area contributed by atoms with E-state index in [1.54, 1.807) is 18.2 Å². The van der Waals surface area contributed by atoms with Crippen molar-refractivity contribution in [2.75, 3.05) is 27.9 Å². The minimum absolute atomic E-state index is 0.0305. The van der Waals surface area contributed by atoms with Crippen LogP contribution < -0.4 is 20.8 Å². The molecule has 0 aliphatic carbocycles.